The molecule has 2 rings (SSSR count). The Labute approximate surface area is 118 Å². The van der Waals surface area contributed by atoms with Crippen molar-refractivity contribution in [3.63, 3.8) is 0 Å². The van der Waals surface area contributed by atoms with Crippen molar-refractivity contribution in [1.82, 2.24) is 5.32 Å². The summed E-state index contributed by atoms with van der Waals surface area (Å²) in [4.78, 5) is 24.5. The van der Waals surface area contributed by atoms with Crippen LogP contribution in [0.2, 0.25) is 0 Å². The summed E-state index contributed by atoms with van der Waals surface area (Å²) >= 11 is 0. The molecule has 0 saturated carbocycles. The number of hydrogen-bond donors (Lipinski definition) is 2. The monoisotopic (exact) mass is 283 g/mol. The van der Waals surface area contributed by atoms with Gasteiger partial charge in [0.25, 0.3) is 5.91 Å². The molecule has 6 nitrogen and oxygen atoms in total. The molecular formula is C14H21NO5. The lowest BCUT2D eigenvalue weighted by Crippen LogP contribution is -2.53. The lowest BCUT2D eigenvalue weighted by Gasteiger charge is -2.38. The molecule has 2 aliphatic rings. The summed E-state index contributed by atoms with van der Waals surface area (Å²) in [6.07, 6.45) is 0.0566. The highest BCUT2D eigenvalue weighted by molar-refractivity contribution is 6.24. The van der Waals surface area contributed by atoms with E-state index >= 15 is 0 Å². The fraction of sp³-hybridized carbons (Fsp3) is 0.714. The number of carbonyl (C=O) groups is 2. The Hall–Kier alpha value is -1.24. The van der Waals surface area contributed by atoms with Gasteiger partial charge < -0.3 is 19.9 Å². The number of Topliss-reactive ketones (excluding diaryl/α,β-unsaturated/α-hetero) is 1. The molecule has 0 spiro atoms. The molecule has 0 unspecified atom stereocenters. The highest BCUT2D eigenvalue weighted by Crippen LogP contribution is 2.38. The highest BCUT2D eigenvalue weighted by Gasteiger charge is 2.58. The van der Waals surface area contributed by atoms with Gasteiger partial charge >= 0.3 is 0 Å². The molecule has 0 bridgehead atoms. The van der Waals surface area contributed by atoms with E-state index in [-0.39, 0.29) is 11.8 Å². The van der Waals surface area contributed by atoms with Crippen LogP contribution >= 0.6 is 0 Å². The number of carbonyl (C=O) groups excluding carboxylic acids is 2. The zero-order valence-electron chi connectivity index (χ0n) is 12.2. The second-order valence-electron chi connectivity index (χ2n) is 5.70. The number of allylic oxidation sites excluding steroid dienone is 1. The number of aliphatic hydroxyl groups is 1. The van der Waals surface area contributed by atoms with Crippen LogP contribution in [-0.4, -0.2) is 41.9 Å². The van der Waals surface area contributed by atoms with Crippen molar-refractivity contribution in [3.05, 3.63) is 11.3 Å². The Morgan fingerprint density at radius 2 is 2.05 bits per heavy atom. The fourth-order valence-corrected chi connectivity index (χ4v) is 2.87. The first-order valence-corrected chi connectivity index (χ1v) is 6.75. The van der Waals surface area contributed by atoms with E-state index < -0.39 is 29.5 Å². The third-order valence-corrected chi connectivity index (χ3v) is 3.99. The number of ketones is 1. The molecule has 2 N–H and O–H groups in total. The van der Waals surface area contributed by atoms with Crippen molar-refractivity contribution in [2.45, 2.75) is 51.6 Å². The third-order valence-electron chi connectivity index (χ3n) is 3.99. The van der Waals surface area contributed by atoms with Crippen LogP contribution in [-0.2, 0) is 19.1 Å². The summed E-state index contributed by atoms with van der Waals surface area (Å²) < 4.78 is 10.7. The zero-order valence-corrected chi connectivity index (χ0v) is 12.2. The average Bonchev–Trinajstić information content (AvgIpc) is 2.63. The second kappa shape index (κ2) is 5.27. The predicted molar refractivity (Wildman–Crippen MR) is 70.5 cm³/mol. The quantitative estimate of drug-likeness (QED) is 0.569. The van der Waals surface area contributed by atoms with Gasteiger partial charge in [0.05, 0.1) is 11.8 Å². The normalized spacial score (nSPS) is 38.0. The molecule has 0 aromatic rings. The van der Waals surface area contributed by atoms with E-state index in [4.69, 9.17) is 9.47 Å². The smallest absolute Gasteiger partial charge is 0.264 e. The van der Waals surface area contributed by atoms with Crippen molar-refractivity contribution in [1.29, 1.82) is 0 Å². The Bertz CT molecular complexity index is 468. The van der Waals surface area contributed by atoms with E-state index in [1.165, 1.54) is 7.11 Å². The third kappa shape index (κ3) is 2.28. The van der Waals surface area contributed by atoms with Gasteiger partial charge in [0.2, 0.25) is 11.4 Å². The molecule has 1 amide bonds. The Morgan fingerprint density at radius 1 is 1.40 bits per heavy atom. The molecule has 0 radical (unpaired) electrons. The Balaban J connectivity index is 2.32. The molecule has 0 aromatic heterocycles. The number of methoxy groups -OCH3 is 1. The number of hydrogen-bond acceptors (Lipinski definition) is 5. The first kappa shape index (κ1) is 15.2. The van der Waals surface area contributed by atoms with E-state index in [0.29, 0.717) is 18.4 Å². The van der Waals surface area contributed by atoms with E-state index in [0.717, 1.165) is 0 Å². The van der Waals surface area contributed by atoms with Gasteiger partial charge in [-0.25, -0.2) is 0 Å². The fourth-order valence-electron chi connectivity index (χ4n) is 2.87. The molecule has 4 atom stereocenters. The molecule has 2 heterocycles. The summed E-state index contributed by atoms with van der Waals surface area (Å²) in [6, 6.07) is 0. The summed E-state index contributed by atoms with van der Waals surface area (Å²) in [5, 5.41) is 13.2. The lowest BCUT2D eigenvalue weighted by molar-refractivity contribution is -0.207. The summed E-state index contributed by atoms with van der Waals surface area (Å²) in [7, 11) is 1.50. The number of rotatable bonds is 2. The van der Waals surface area contributed by atoms with Crippen LogP contribution in [0.4, 0.5) is 0 Å². The van der Waals surface area contributed by atoms with Crippen LogP contribution in [0.5, 0.6) is 0 Å². The van der Waals surface area contributed by atoms with E-state index in [1.807, 2.05) is 6.92 Å². The van der Waals surface area contributed by atoms with Gasteiger partial charge in [-0.2, -0.15) is 0 Å². The van der Waals surface area contributed by atoms with E-state index in [1.54, 1.807) is 13.8 Å². The molecule has 0 aliphatic carbocycles. The first-order chi connectivity index (χ1) is 9.30. The number of ether oxygens (including phenoxy) is 2. The van der Waals surface area contributed by atoms with Crippen molar-refractivity contribution in [3.8, 4) is 0 Å². The van der Waals surface area contributed by atoms with Gasteiger partial charge in [-0.3, -0.25) is 9.59 Å². The molecule has 0 aromatic carbocycles. The van der Waals surface area contributed by atoms with Gasteiger partial charge in [0.15, 0.2) is 6.29 Å². The predicted octanol–water partition coefficient (Wildman–Crippen LogP) is 0.498. The minimum Gasteiger partial charge on any atom is -0.373 e. The van der Waals surface area contributed by atoms with Crippen LogP contribution < -0.4 is 5.32 Å². The molecule has 2 saturated heterocycles. The maximum atomic E-state index is 12.4. The molecule has 2 aliphatic heterocycles. The van der Waals surface area contributed by atoms with Gasteiger partial charge in [0, 0.05) is 19.4 Å². The van der Waals surface area contributed by atoms with Crippen LogP contribution in [0.1, 0.15) is 33.6 Å². The number of nitrogens with one attached hydrogen (secondary N) is 1. The Kier molecular flexibility index (Phi) is 4.00. The lowest BCUT2D eigenvalue weighted by atomic mass is 9.77. The zero-order chi connectivity index (χ0) is 15.1. The second-order valence-corrected chi connectivity index (χ2v) is 5.70. The van der Waals surface area contributed by atoms with Gasteiger partial charge in [0.1, 0.15) is 0 Å². The van der Waals surface area contributed by atoms with Crippen LogP contribution in [0.3, 0.4) is 0 Å². The average molecular weight is 283 g/mol. The molecule has 6 heteroatoms. The van der Waals surface area contributed by atoms with Crippen LogP contribution in [0, 0.1) is 5.92 Å². The van der Waals surface area contributed by atoms with Gasteiger partial charge in [-0.05, 0) is 32.8 Å². The maximum Gasteiger partial charge on any atom is 0.264 e. The molecule has 112 valence electrons. The maximum absolute atomic E-state index is 12.4. The van der Waals surface area contributed by atoms with E-state index in [9.17, 15) is 14.7 Å². The largest absolute Gasteiger partial charge is 0.373 e. The topological polar surface area (TPSA) is 84.9 Å². The minimum absolute atomic E-state index is 0.181. The number of amides is 1. The summed E-state index contributed by atoms with van der Waals surface area (Å²) in [5.41, 5.74) is -1.13. The first-order valence-electron chi connectivity index (χ1n) is 6.75. The van der Waals surface area contributed by atoms with Gasteiger partial charge in [-0.1, -0.05) is 0 Å². The molecule has 20 heavy (non-hydrogen) atoms. The summed E-state index contributed by atoms with van der Waals surface area (Å²) in [5.74, 6) is -1.70. The van der Waals surface area contributed by atoms with E-state index in [2.05, 4.69) is 5.32 Å². The van der Waals surface area contributed by atoms with Gasteiger partial charge in [-0.15, -0.1) is 0 Å². The highest BCUT2D eigenvalue weighted by atomic mass is 16.7. The minimum atomic E-state index is -2.01. The standard InChI is InChI=1S/C14H21NO5/c1-7(2)11-12(16)14(18,13(17)15-11)9-5-8(3)20-10(6-9)19-4/h8-10,18H,5-6H2,1-4H3,(H,15,17)/t8-,9+,10-,14-/m0/s1. The van der Waals surface area contributed by atoms with Crippen LogP contribution in [0.25, 0.3) is 0 Å². The van der Waals surface area contributed by atoms with Crippen molar-refractivity contribution in [2.75, 3.05) is 7.11 Å². The SMILES string of the molecule is CO[C@@H]1C[C@H]([C@@]2(O)C(=O)NC(=C(C)C)C2=O)C[C@H](C)O1. The van der Waals surface area contributed by atoms with Crippen molar-refractivity contribution < 1.29 is 24.2 Å². The summed E-state index contributed by atoms with van der Waals surface area (Å²) in [6.45, 7) is 5.29. The van der Waals surface area contributed by atoms with Crippen molar-refractivity contribution >= 4 is 11.7 Å². The Morgan fingerprint density at radius 3 is 2.55 bits per heavy atom. The van der Waals surface area contributed by atoms with Crippen molar-refractivity contribution in [2.24, 2.45) is 5.92 Å². The molecular weight excluding hydrogens is 262 g/mol. The van der Waals surface area contributed by atoms with Crippen LogP contribution in [0.15, 0.2) is 11.3 Å². The molecule has 2 fully saturated rings.